The fourth-order valence-corrected chi connectivity index (χ4v) is 3.96. The second-order valence-corrected chi connectivity index (χ2v) is 9.37. The van der Waals surface area contributed by atoms with E-state index in [0.29, 0.717) is 0 Å². The molecule has 0 N–H and O–H groups in total. The van der Waals surface area contributed by atoms with E-state index in [1.807, 2.05) is 72.9 Å². The molecule has 1 radical (unpaired) electrons. The number of benzene rings is 3. The zero-order valence-corrected chi connectivity index (χ0v) is 22.8. The van der Waals surface area contributed by atoms with Crippen molar-refractivity contribution in [3.8, 4) is 45.1 Å². The largest absolute Gasteiger partial charge is 0.501 e. The SMILES string of the molecule is CC(C)(C)c1ccc(-c2[c-]cccc2)nc1.[Ir].[c-]1cccc2c1-c1ncccc1-c1ccccc1O2. The molecule has 0 fully saturated rings. The Kier molecular flexibility index (Phi) is 7.78. The van der Waals surface area contributed by atoms with Crippen LogP contribution in [0, 0.1) is 12.1 Å². The maximum absolute atomic E-state index is 6.01. The minimum absolute atomic E-state index is 0. The summed E-state index contributed by atoms with van der Waals surface area (Å²) in [6.07, 6.45) is 3.76. The van der Waals surface area contributed by atoms with Gasteiger partial charge in [-0.15, -0.1) is 60.2 Å². The van der Waals surface area contributed by atoms with Gasteiger partial charge in [0.15, 0.2) is 0 Å². The molecule has 5 aromatic rings. The predicted octanol–water partition coefficient (Wildman–Crippen LogP) is 8.17. The van der Waals surface area contributed by atoms with Crippen molar-refractivity contribution in [1.29, 1.82) is 0 Å². The third-order valence-corrected chi connectivity index (χ3v) is 5.87. The molecule has 0 bridgehead atoms. The molecule has 2 aromatic heterocycles. The average molecular weight is 647 g/mol. The Morgan fingerprint density at radius 2 is 1.44 bits per heavy atom. The van der Waals surface area contributed by atoms with Crippen LogP contribution in [-0.2, 0) is 25.5 Å². The summed E-state index contributed by atoms with van der Waals surface area (Å²) < 4.78 is 6.01. The van der Waals surface area contributed by atoms with Gasteiger partial charge in [-0.05, 0) is 40.1 Å². The Labute approximate surface area is 226 Å². The number of pyridine rings is 2. The summed E-state index contributed by atoms with van der Waals surface area (Å²) in [5, 5.41) is 0. The fraction of sp³-hybridized carbons (Fsp3) is 0.125. The fourth-order valence-electron chi connectivity index (χ4n) is 3.96. The van der Waals surface area contributed by atoms with Crippen molar-refractivity contribution in [2.45, 2.75) is 26.2 Å². The minimum Gasteiger partial charge on any atom is -0.501 e. The monoisotopic (exact) mass is 647 g/mol. The van der Waals surface area contributed by atoms with Crippen LogP contribution in [0.15, 0.2) is 103 Å². The van der Waals surface area contributed by atoms with Crippen LogP contribution in [0.1, 0.15) is 26.3 Å². The Hall–Kier alpha value is -3.59. The molecule has 0 saturated carbocycles. The van der Waals surface area contributed by atoms with Crippen molar-refractivity contribution in [2.24, 2.45) is 0 Å². The van der Waals surface area contributed by atoms with Crippen molar-refractivity contribution >= 4 is 0 Å². The van der Waals surface area contributed by atoms with Gasteiger partial charge in [0.05, 0.1) is 0 Å². The Morgan fingerprint density at radius 1 is 0.694 bits per heavy atom. The molecule has 3 heterocycles. The van der Waals surface area contributed by atoms with E-state index in [0.717, 1.165) is 45.1 Å². The quantitative estimate of drug-likeness (QED) is 0.169. The number of hydrogen-bond acceptors (Lipinski definition) is 3. The first kappa shape index (κ1) is 25.5. The van der Waals surface area contributed by atoms with Crippen LogP contribution in [0.2, 0.25) is 0 Å². The number of nitrogens with zero attached hydrogens (tertiary/aromatic N) is 2. The summed E-state index contributed by atoms with van der Waals surface area (Å²) in [6.45, 7) is 6.58. The molecular weight excluding hydrogens is 621 g/mol. The summed E-state index contributed by atoms with van der Waals surface area (Å²) in [5.41, 5.74) is 7.42. The topological polar surface area (TPSA) is 35.0 Å². The van der Waals surface area contributed by atoms with Crippen molar-refractivity contribution in [2.75, 3.05) is 0 Å². The first-order valence-corrected chi connectivity index (χ1v) is 11.7. The Morgan fingerprint density at radius 3 is 2.19 bits per heavy atom. The average Bonchev–Trinajstić information content (AvgIpc) is 3.04. The van der Waals surface area contributed by atoms with E-state index in [4.69, 9.17) is 4.74 Å². The summed E-state index contributed by atoms with van der Waals surface area (Å²) in [7, 11) is 0. The number of rotatable bonds is 1. The molecule has 1 aliphatic heterocycles. The molecule has 3 aromatic carbocycles. The molecule has 6 rings (SSSR count). The minimum atomic E-state index is 0. The Balaban J connectivity index is 0.000000167. The number of ether oxygens (including phenoxy) is 1. The number of aromatic nitrogens is 2. The molecule has 181 valence electrons. The van der Waals surface area contributed by atoms with E-state index in [9.17, 15) is 0 Å². The summed E-state index contributed by atoms with van der Waals surface area (Å²) >= 11 is 0. The van der Waals surface area contributed by atoms with Crippen LogP contribution in [0.3, 0.4) is 0 Å². The van der Waals surface area contributed by atoms with E-state index in [2.05, 4.69) is 67.1 Å². The smallest absolute Gasteiger partial charge is 0.121 e. The van der Waals surface area contributed by atoms with E-state index in [1.54, 1.807) is 6.20 Å². The second-order valence-electron chi connectivity index (χ2n) is 9.37. The second kappa shape index (κ2) is 11.0. The van der Waals surface area contributed by atoms with Crippen molar-refractivity contribution in [3.05, 3.63) is 121 Å². The van der Waals surface area contributed by atoms with Gasteiger partial charge in [0.2, 0.25) is 0 Å². The zero-order chi connectivity index (χ0) is 24.3. The molecule has 36 heavy (non-hydrogen) atoms. The third-order valence-electron chi connectivity index (χ3n) is 5.87. The van der Waals surface area contributed by atoms with E-state index >= 15 is 0 Å². The molecule has 0 spiro atoms. The van der Waals surface area contributed by atoms with Crippen LogP contribution in [0.5, 0.6) is 11.5 Å². The first-order chi connectivity index (χ1) is 17.0. The maximum atomic E-state index is 6.01. The molecule has 0 amide bonds. The van der Waals surface area contributed by atoms with Crippen molar-refractivity contribution in [3.63, 3.8) is 0 Å². The first-order valence-electron chi connectivity index (χ1n) is 11.7. The van der Waals surface area contributed by atoms with Gasteiger partial charge < -0.3 is 14.7 Å². The van der Waals surface area contributed by atoms with Gasteiger partial charge >= 0.3 is 0 Å². The van der Waals surface area contributed by atoms with E-state index < -0.39 is 0 Å². The van der Waals surface area contributed by atoms with Crippen molar-refractivity contribution in [1.82, 2.24) is 9.97 Å². The third kappa shape index (κ3) is 5.46. The maximum Gasteiger partial charge on any atom is 0.121 e. The molecule has 0 aliphatic carbocycles. The van der Waals surface area contributed by atoms with Gasteiger partial charge in [0, 0.05) is 43.8 Å². The van der Waals surface area contributed by atoms with E-state index in [1.165, 1.54) is 5.56 Å². The van der Waals surface area contributed by atoms with Gasteiger partial charge in [-0.2, -0.15) is 0 Å². The van der Waals surface area contributed by atoms with Crippen molar-refractivity contribution < 1.29 is 24.8 Å². The summed E-state index contributed by atoms with van der Waals surface area (Å²) in [5.74, 6) is 1.66. The van der Waals surface area contributed by atoms with Crippen LogP contribution in [0.4, 0.5) is 0 Å². The molecule has 0 atom stereocenters. The van der Waals surface area contributed by atoms with Gasteiger partial charge in [-0.25, -0.2) is 0 Å². The predicted molar refractivity (Wildman–Crippen MR) is 141 cm³/mol. The normalized spacial score (nSPS) is 11.2. The molecule has 0 unspecified atom stereocenters. The molecule has 4 heteroatoms. The summed E-state index contributed by atoms with van der Waals surface area (Å²) in [4.78, 5) is 8.99. The Bertz CT molecular complexity index is 1380. The number of para-hydroxylation sites is 1. The molecular formula is C32H26IrN2O-2. The standard InChI is InChI=1S/C17H10NO.C15H16N.Ir/c1-3-9-15-12(6-1)13-8-5-11-18-17(13)14-7-2-4-10-16(14)19-15;1-15(2,3)13-9-10-14(16-11-13)12-7-5-4-6-8-12;/h1-6,8-11H;4-7,9-11H,1-3H3;/q2*-1;. The van der Waals surface area contributed by atoms with Crippen LogP contribution >= 0.6 is 0 Å². The molecule has 0 saturated heterocycles. The van der Waals surface area contributed by atoms with Gasteiger partial charge in [0.25, 0.3) is 0 Å². The van der Waals surface area contributed by atoms with Crippen LogP contribution < -0.4 is 4.74 Å². The zero-order valence-electron chi connectivity index (χ0n) is 20.5. The molecule has 3 nitrogen and oxygen atoms in total. The molecule has 1 aliphatic rings. The van der Waals surface area contributed by atoms with Crippen LogP contribution in [-0.4, -0.2) is 9.97 Å². The number of hydrogen-bond donors (Lipinski definition) is 0. The number of fused-ring (bicyclic) bond motifs is 5. The van der Waals surface area contributed by atoms with Gasteiger partial charge in [-0.3, -0.25) is 0 Å². The van der Waals surface area contributed by atoms with Gasteiger partial charge in [0.1, 0.15) is 5.75 Å². The summed E-state index contributed by atoms with van der Waals surface area (Å²) in [6, 6.07) is 36.3. The van der Waals surface area contributed by atoms with Gasteiger partial charge in [-0.1, -0.05) is 62.7 Å². The van der Waals surface area contributed by atoms with Crippen LogP contribution in [0.25, 0.3) is 33.6 Å². The van der Waals surface area contributed by atoms with E-state index in [-0.39, 0.29) is 25.5 Å².